The molecular weight excluding hydrogens is 297 g/mol. The van der Waals surface area contributed by atoms with E-state index < -0.39 is 11.9 Å². The lowest BCUT2D eigenvalue weighted by molar-refractivity contribution is -0.118. The first-order valence-electron chi connectivity index (χ1n) is 7.61. The van der Waals surface area contributed by atoms with Gasteiger partial charge in [0.2, 0.25) is 0 Å². The van der Waals surface area contributed by atoms with Crippen molar-refractivity contribution >= 4 is 11.6 Å². The Morgan fingerprint density at radius 1 is 1.30 bits per heavy atom. The zero-order valence-corrected chi connectivity index (χ0v) is 12.6. The van der Waals surface area contributed by atoms with Gasteiger partial charge in [0.05, 0.1) is 6.10 Å². The molecule has 23 heavy (non-hydrogen) atoms. The Morgan fingerprint density at radius 3 is 2.96 bits per heavy atom. The van der Waals surface area contributed by atoms with Crippen molar-refractivity contribution in [2.45, 2.75) is 25.4 Å². The first kappa shape index (κ1) is 15.5. The number of fused-ring (bicyclic) bond motifs is 1. The van der Waals surface area contributed by atoms with Crippen LogP contribution < -0.4 is 10.1 Å². The van der Waals surface area contributed by atoms with Gasteiger partial charge >= 0.3 is 0 Å². The molecule has 2 aromatic carbocycles. The standard InChI is InChI=1S/C18H18FNO3/c19-12-4-1-5-13(10-12)20-18(22)11-23-17-9-3-6-14-15(17)7-2-8-16(14)21/h1,3-6,9-10,16,21H,2,7-8,11H2,(H,20,22). The molecule has 2 aromatic rings. The molecule has 0 saturated carbocycles. The summed E-state index contributed by atoms with van der Waals surface area (Å²) in [6, 6.07) is 11.2. The summed E-state index contributed by atoms with van der Waals surface area (Å²) in [6.45, 7) is -0.164. The van der Waals surface area contributed by atoms with Crippen LogP contribution in [0, 0.1) is 5.82 Å². The molecule has 4 nitrogen and oxygen atoms in total. The Balaban J connectivity index is 1.64. The van der Waals surface area contributed by atoms with E-state index in [4.69, 9.17) is 4.74 Å². The number of carbonyl (C=O) groups is 1. The molecule has 1 amide bonds. The largest absolute Gasteiger partial charge is 0.483 e. The number of anilines is 1. The number of aliphatic hydroxyl groups is 1. The van der Waals surface area contributed by atoms with Crippen molar-refractivity contribution in [1.29, 1.82) is 0 Å². The lowest BCUT2D eigenvalue weighted by atomic mass is 9.89. The van der Waals surface area contributed by atoms with Gasteiger partial charge in [0.25, 0.3) is 5.91 Å². The third-order valence-corrected chi connectivity index (χ3v) is 3.90. The Morgan fingerprint density at radius 2 is 2.13 bits per heavy atom. The number of hydrogen-bond acceptors (Lipinski definition) is 3. The molecule has 0 heterocycles. The fourth-order valence-electron chi connectivity index (χ4n) is 2.83. The molecule has 2 N–H and O–H groups in total. The van der Waals surface area contributed by atoms with E-state index in [1.807, 2.05) is 12.1 Å². The highest BCUT2D eigenvalue weighted by atomic mass is 19.1. The van der Waals surface area contributed by atoms with Gasteiger partial charge in [-0.05, 0) is 54.7 Å². The van der Waals surface area contributed by atoms with E-state index >= 15 is 0 Å². The second kappa shape index (κ2) is 6.79. The number of ether oxygens (including phenoxy) is 1. The van der Waals surface area contributed by atoms with E-state index in [2.05, 4.69) is 5.32 Å². The van der Waals surface area contributed by atoms with Gasteiger partial charge in [-0.25, -0.2) is 4.39 Å². The fraction of sp³-hybridized carbons (Fsp3) is 0.278. The first-order chi connectivity index (χ1) is 11.1. The number of aliphatic hydroxyl groups excluding tert-OH is 1. The zero-order chi connectivity index (χ0) is 16.2. The third-order valence-electron chi connectivity index (χ3n) is 3.90. The van der Waals surface area contributed by atoms with Gasteiger partial charge in [-0.3, -0.25) is 4.79 Å². The van der Waals surface area contributed by atoms with E-state index in [-0.39, 0.29) is 12.5 Å². The minimum Gasteiger partial charge on any atom is -0.483 e. The molecule has 0 aromatic heterocycles. The quantitative estimate of drug-likeness (QED) is 0.911. The number of carbonyl (C=O) groups excluding carboxylic acids is 1. The topological polar surface area (TPSA) is 58.6 Å². The lowest BCUT2D eigenvalue weighted by Crippen LogP contribution is -2.21. The molecule has 1 aliphatic rings. The second-order valence-corrected chi connectivity index (χ2v) is 5.58. The molecule has 5 heteroatoms. The maximum Gasteiger partial charge on any atom is 0.262 e. The first-order valence-corrected chi connectivity index (χ1v) is 7.61. The van der Waals surface area contributed by atoms with Crippen LogP contribution in [-0.2, 0) is 11.2 Å². The molecule has 0 bridgehead atoms. The minimum absolute atomic E-state index is 0.164. The molecule has 0 spiro atoms. The molecule has 0 fully saturated rings. The van der Waals surface area contributed by atoms with Crippen LogP contribution in [0.1, 0.15) is 30.1 Å². The Kier molecular flexibility index (Phi) is 4.57. The summed E-state index contributed by atoms with van der Waals surface area (Å²) < 4.78 is 18.7. The highest BCUT2D eigenvalue weighted by Crippen LogP contribution is 2.35. The Hall–Kier alpha value is -2.40. The number of halogens is 1. The Bertz CT molecular complexity index is 717. The number of benzene rings is 2. The van der Waals surface area contributed by atoms with Gasteiger partial charge in [0.1, 0.15) is 11.6 Å². The van der Waals surface area contributed by atoms with Gasteiger partial charge in [-0.15, -0.1) is 0 Å². The summed E-state index contributed by atoms with van der Waals surface area (Å²) in [5.41, 5.74) is 2.23. The third kappa shape index (κ3) is 3.68. The fourth-order valence-corrected chi connectivity index (χ4v) is 2.83. The zero-order valence-electron chi connectivity index (χ0n) is 12.6. The van der Waals surface area contributed by atoms with Crippen LogP contribution in [0.3, 0.4) is 0 Å². The van der Waals surface area contributed by atoms with Gasteiger partial charge in [0, 0.05) is 5.69 Å². The molecule has 120 valence electrons. The SMILES string of the molecule is O=C(COc1cccc2c1CCCC2O)Nc1cccc(F)c1. The van der Waals surface area contributed by atoms with Crippen LogP contribution in [-0.4, -0.2) is 17.6 Å². The average Bonchev–Trinajstić information content (AvgIpc) is 2.53. The van der Waals surface area contributed by atoms with Crippen LogP contribution in [0.4, 0.5) is 10.1 Å². The highest BCUT2D eigenvalue weighted by Gasteiger charge is 2.21. The summed E-state index contributed by atoms with van der Waals surface area (Å²) in [7, 11) is 0. The predicted molar refractivity (Wildman–Crippen MR) is 84.9 cm³/mol. The maximum atomic E-state index is 13.1. The van der Waals surface area contributed by atoms with E-state index in [1.165, 1.54) is 18.2 Å². The van der Waals surface area contributed by atoms with Crippen molar-refractivity contribution in [2.24, 2.45) is 0 Å². The van der Waals surface area contributed by atoms with Crippen LogP contribution in [0.5, 0.6) is 5.75 Å². The summed E-state index contributed by atoms with van der Waals surface area (Å²) in [4.78, 5) is 11.9. The smallest absolute Gasteiger partial charge is 0.262 e. The molecule has 1 atom stereocenters. The number of hydrogen-bond donors (Lipinski definition) is 2. The van der Waals surface area contributed by atoms with E-state index in [9.17, 15) is 14.3 Å². The van der Waals surface area contributed by atoms with Gasteiger partial charge in [-0.2, -0.15) is 0 Å². The van der Waals surface area contributed by atoms with E-state index in [0.717, 1.165) is 30.4 Å². The van der Waals surface area contributed by atoms with Crippen molar-refractivity contribution in [2.75, 3.05) is 11.9 Å². The summed E-state index contributed by atoms with van der Waals surface area (Å²) in [5, 5.41) is 12.6. The van der Waals surface area contributed by atoms with Gasteiger partial charge < -0.3 is 15.2 Å². The number of rotatable bonds is 4. The van der Waals surface area contributed by atoms with Crippen molar-refractivity contribution in [3.63, 3.8) is 0 Å². The highest BCUT2D eigenvalue weighted by molar-refractivity contribution is 5.91. The summed E-state index contributed by atoms with van der Waals surface area (Å²) in [6.07, 6.45) is 2.00. The van der Waals surface area contributed by atoms with Crippen molar-refractivity contribution in [3.05, 3.63) is 59.4 Å². The summed E-state index contributed by atoms with van der Waals surface area (Å²) >= 11 is 0. The number of nitrogens with one attached hydrogen (secondary N) is 1. The van der Waals surface area contributed by atoms with Crippen LogP contribution in [0.2, 0.25) is 0 Å². The second-order valence-electron chi connectivity index (χ2n) is 5.58. The monoisotopic (exact) mass is 315 g/mol. The molecule has 1 aliphatic carbocycles. The molecule has 0 aliphatic heterocycles. The van der Waals surface area contributed by atoms with E-state index in [1.54, 1.807) is 12.1 Å². The molecule has 1 unspecified atom stereocenters. The normalized spacial score (nSPS) is 16.5. The van der Waals surface area contributed by atoms with Gasteiger partial charge in [0.15, 0.2) is 6.61 Å². The van der Waals surface area contributed by atoms with Crippen LogP contribution >= 0.6 is 0 Å². The molecule has 3 rings (SSSR count). The van der Waals surface area contributed by atoms with Crippen molar-refractivity contribution in [3.8, 4) is 5.75 Å². The maximum absolute atomic E-state index is 13.1. The molecular formula is C18H18FNO3. The predicted octanol–water partition coefficient (Wildman–Crippen LogP) is 3.21. The lowest BCUT2D eigenvalue weighted by Gasteiger charge is -2.23. The molecule has 0 radical (unpaired) electrons. The van der Waals surface area contributed by atoms with Crippen molar-refractivity contribution in [1.82, 2.24) is 0 Å². The van der Waals surface area contributed by atoms with Crippen LogP contribution in [0.25, 0.3) is 0 Å². The summed E-state index contributed by atoms with van der Waals surface area (Å²) in [5.74, 6) is -0.143. The van der Waals surface area contributed by atoms with Crippen LogP contribution in [0.15, 0.2) is 42.5 Å². The van der Waals surface area contributed by atoms with Crippen molar-refractivity contribution < 1.29 is 19.0 Å². The minimum atomic E-state index is -0.469. The van der Waals surface area contributed by atoms with Gasteiger partial charge in [-0.1, -0.05) is 18.2 Å². The molecule has 0 saturated heterocycles. The van der Waals surface area contributed by atoms with E-state index in [0.29, 0.717) is 11.4 Å². The number of amides is 1. The average molecular weight is 315 g/mol. The Labute approximate surface area is 133 Å².